The molecule has 0 radical (unpaired) electrons. The van der Waals surface area contributed by atoms with E-state index in [2.05, 4.69) is 0 Å². The van der Waals surface area contributed by atoms with Crippen LogP contribution in [-0.2, 0) is 0 Å². The van der Waals surface area contributed by atoms with Crippen LogP contribution in [0.3, 0.4) is 0 Å². The normalized spacial score (nSPS) is 10.4. The van der Waals surface area contributed by atoms with Crippen LogP contribution in [0.1, 0.15) is 0 Å². The molecule has 8 heteroatoms. The number of non-ortho nitro benzene ring substituents is 1. The van der Waals surface area contributed by atoms with E-state index in [0.717, 1.165) is 11.1 Å². The fourth-order valence-corrected chi connectivity index (χ4v) is 1.99. The molecule has 0 aromatic heterocycles. The third-order valence-corrected chi connectivity index (χ3v) is 2.72. The van der Waals surface area contributed by atoms with Crippen molar-refractivity contribution in [2.24, 2.45) is 5.84 Å². The lowest BCUT2D eigenvalue weighted by molar-refractivity contribution is -0.392. The quantitative estimate of drug-likeness (QED) is 0.513. The Morgan fingerprint density at radius 1 is 1.05 bits per heavy atom. The van der Waals surface area contributed by atoms with Crippen LogP contribution in [0.5, 0.6) is 0 Å². The number of nitrogens with zero attached hydrogens (tertiary/aromatic N) is 3. The molecule has 0 heterocycles. The predicted octanol–water partition coefficient (Wildman–Crippen LogP) is 1.97. The van der Waals surface area contributed by atoms with Gasteiger partial charge in [-0.15, -0.1) is 0 Å². The van der Waals surface area contributed by atoms with Crippen LogP contribution < -0.4 is 10.9 Å². The number of fused-ring (bicyclic) bond motifs is 1. The Balaban J connectivity index is 2.98. The molecule has 2 aromatic rings. The Hall–Kier alpha value is -2.74. The first-order chi connectivity index (χ1) is 8.93. The zero-order valence-electron chi connectivity index (χ0n) is 9.94. The van der Waals surface area contributed by atoms with Crippen LogP contribution in [-0.4, -0.2) is 16.9 Å². The number of hydrazine groups is 1. The highest BCUT2D eigenvalue weighted by molar-refractivity contribution is 6.03. The Labute approximate surface area is 107 Å². The number of nitrogens with two attached hydrogens (primary N) is 1. The third-order valence-electron chi connectivity index (χ3n) is 2.72. The summed E-state index contributed by atoms with van der Waals surface area (Å²) < 4.78 is 0. The molecule has 0 spiro atoms. The molecule has 0 amide bonds. The fourth-order valence-electron chi connectivity index (χ4n) is 1.99. The van der Waals surface area contributed by atoms with Gasteiger partial charge in [-0.3, -0.25) is 20.2 Å². The van der Waals surface area contributed by atoms with Crippen molar-refractivity contribution in [1.82, 2.24) is 0 Å². The third kappa shape index (κ3) is 2.04. The van der Waals surface area contributed by atoms with E-state index in [1.807, 2.05) is 0 Å². The lowest BCUT2D eigenvalue weighted by atomic mass is 10.0. The van der Waals surface area contributed by atoms with Crippen LogP contribution in [0.2, 0.25) is 0 Å². The Morgan fingerprint density at radius 3 is 2.05 bits per heavy atom. The molecular weight excluding hydrogens is 252 g/mol. The van der Waals surface area contributed by atoms with E-state index < -0.39 is 15.5 Å². The van der Waals surface area contributed by atoms with Gasteiger partial charge in [0, 0.05) is 12.4 Å². The fraction of sp³-hybridized carbons (Fsp3) is 0.0909. The van der Waals surface area contributed by atoms with Crippen molar-refractivity contribution in [3.63, 3.8) is 0 Å². The summed E-state index contributed by atoms with van der Waals surface area (Å²) in [5, 5.41) is 23.8. The minimum Gasteiger partial charge on any atom is -0.307 e. The van der Waals surface area contributed by atoms with Gasteiger partial charge in [0.25, 0.3) is 5.69 Å². The van der Waals surface area contributed by atoms with Gasteiger partial charge in [-0.05, 0) is 6.07 Å². The van der Waals surface area contributed by atoms with Gasteiger partial charge >= 0.3 is 5.69 Å². The summed E-state index contributed by atoms with van der Waals surface area (Å²) in [5.74, 6) is 5.60. The average molecular weight is 262 g/mol. The minimum absolute atomic E-state index is 0.145. The summed E-state index contributed by atoms with van der Waals surface area (Å²) in [7, 11) is 1.45. The van der Waals surface area contributed by atoms with Crippen molar-refractivity contribution >= 4 is 27.8 Å². The van der Waals surface area contributed by atoms with E-state index in [9.17, 15) is 20.2 Å². The minimum atomic E-state index is -0.682. The molecule has 19 heavy (non-hydrogen) atoms. The molecule has 0 saturated carbocycles. The average Bonchev–Trinajstić information content (AvgIpc) is 2.35. The molecule has 2 N–H and O–H groups in total. The van der Waals surface area contributed by atoms with Gasteiger partial charge in [-0.1, -0.05) is 18.2 Å². The number of nitro benzene ring substituents is 2. The second kappa shape index (κ2) is 4.50. The first kappa shape index (κ1) is 12.7. The van der Waals surface area contributed by atoms with E-state index in [0.29, 0.717) is 10.8 Å². The van der Waals surface area contributed by atoms with Crippen molar-refractivity contribution in [1.29, 1.82) is 0 Å². The summed E-state index contributed by atoms with van der Waals surface area (Å²) in [5.41, 5.74) is -0.561. The molecule has 0 aliphatic carbocycles. The maximum atomic E-state index is 11.0. The Bertz CT molecular complexity index is 684. The van der Waals surface area contributed by atoms with Crippen LogP contribution in [0, 0.1) is 20.2 Å². The van der Waals surface area contributed by atoms with Crippen molar-refractivity contribution in [3.8, 4) is 0 Å². The number of rotatable bonds is 3. The van der Waals surface area contributed by atoms with Crippen molar-refractivity contribution < 1.29 is 9.85 Å². The van der Waals surface area contributed by atoms with Crippen molar-refractivity contribution in [3.05, 3.63) is 50.6 Å². The standard InChI is InChI=1S/C11H10N4O4/c1-13(12)11-8-5-3-2-4-7(8)9(14(16)17)6-10(11)15(18)19/h2-6H,12H2,1H3. The van der Waals surface area contributed by atoms with Gasteiger partial charge in [0.2, 0.25) is 0 Å². The molecule has 0 unspecified atom stereocenters. The second-order valence-electron chi connectivity index (χ2n) is 3.93. The summed E-state index contributed by atoms with van der Waals surface area (Å²) in [6, 6.07) is 7.30. The zero-order valence-corrected chi connectivity index (χ0v) is 9.94. The van der Waals surface area contributed by atoms with Gasteiger partial charge < -0.3 is 5.01 Å². The zero-order chi connectivity index (χ0) is 14.2. The van der Waals surface area contributed by atoms with E-state index in [4.69, 9.17) is 5.84 Å². The van der Waals surface area contributed by atoms with Gasteiger partial charge in [0.15, 0.2) is 0 Å². The van der Waals surface area contributed by atoms with Crippen molar-refractivity contribution in [2.75, 3.05) is 12.1 Å². The van der Waals surface area contributed by atoms with Crippen LogP contribution in [0.4, 0.5) is 17.1 Å². The Kier molecular flexibility index (Phi) is 3.01. The van der Waals surface area contributed by atoms with Gasteiger partial charge in [0.05, 0.1) is 21.3 Å². The van der Waals surface area contributed by atoms with Crippen molar-refractivity contribution in [2.45, 2.75) is 0 Å². The Morgan fingerprint density at radius 2 is 1.58 bits per heavy atom. The molecule has 0 bridgehead atoms. The first-order valence-electron chi connectivity index (χ1n) is 5.26. The summed E-state index contributed by atoms with van der Waals surface area (Å²) in [6.45, 7) is 0. The van der Waals surface area contributed by atoms with Gasteiger partial charge in [0.1, 0.15) is 5.69 Å². The molecule has 0 aliphatic rings. The molecule has 0 saturated heterocycles. The lowest BCUT2D eigenvalue weighted by Gasteiger charge is -2.15. The maximum absolute atomic E-state index is 11.0. The molecule has 98 valence electrons. The first-order valence-corrected chi connectivity index (χ1v) is 5.26. The summed E-state index contributed by atoms with van der Waals surface area (Å²) in [6.07, 6.45) is 0. The van der Waals surface area contributed by atoms with Gasteiger partial charge in [-0.25, -0.2) is 5.84 Å². The summed E-state index contributed by atoms with van der Waals surface area (Å²) >= 11 is 0. The SMILES string of the molecule is CN(N)c1c([N+](=O)[O-])cc([N+](=O)[O-])c2ccccc12. The molecule has 2 rings (SSSR count). The van der Waals surface area contributed by atoms with E-state index in [-0.39, 0.29) is 11.4 Å². The maximum Gasteiger partial charge on any atom is 0.301 e. The number of benzene rings is 2. The van der Waals surface area contributed by atoms with E-state index >= 15 is 0 Å². The monoisotopic (exact) mass is 262 g/mol. The van der Waals surface area contributed by atoms with Gasteiger partial charge in [-0.2, -0.15) is 0 Å². The number of nitro groups is 2. The number of hydrogen-bond donors (Lipinski definition) is 1. The highest BCUT2D eigenvalue weighted by Gasteiger charge is 2.26. The molecule has 8 nitrogen and oxygen atoms in total. The number of anilines is 1. The highest BCUT2D eigenvalue weighted by Crippen LogP contribution is 2.39. The van der Waals surface area contributed by atoms with Crippen LogP contribution in [0.25, 0.3) is 10.8 Å². The van der Waals surface area contributed by atoms with Crippen LogP contribution >= 0.6 is 0 Å². The summed E-state index contributed by atoms with van der Waals surface area (Å²) in [4.78, 5) is 20.7. The van der Waals surface area contributed by atoms with Crippen LogP contribution in [0.15, 0.2) is 30.3 Å². The second-order valence-corrected chi connectivity index (χ2v) is 3.93. The smallest absolute Gasteiger partial charge is 0.301 e. The molecule has 0 fully saturated rings. The molecular formula is C11H10N4O4. The largest absolute Gasteiger partial charge is 0.307 e. The topological polar surface area (TPSA) is 116 Å². The van der Waals surface area contributed by atoms with E-state index in [1.54, 1.807) is 18.2 Å². The lowest BCUT2D eigenvalue weighted by Crippen LogP contribution is -2.26. The molecule has 0 aliphatic heterocycles. The molecule has 2 aromatic carbocycles. The van der Waals surface area contributed by atoms with E-state index in [1.165, 1.54) is 13.1 Å². The highest BCUT2D eigenvalue weighted by atomic mass is 16.6. The number of hydrogen-bond acceptors (Lipinski definition) is 6. The predicted molar refractivity (Wildman–Crippen MR) is 69.8 cm³/mol. The molecule has 0 atom stereocenters.